The summed E-state index contributed by atoms with van der Waals surface area (Å²) in [6.07, 6.45) is 0. The van der Waals surface area contributed by atoms with Crippen LogP contribution in [0.4, 0.5) is 5.69 Å². The maximum absolute atomic E-state index is 9.44. The topological polar surface area (TPSA) is 48.3 Å². The van der Waals surface area contributed by atoms with E-state index < -0.39 is 0 Å². The number of ether oxygens (including phenoxy) is 1. The molecule has 0 spiro atoms. The van der Waals surface area contributed by atoms with E-state index in [1.54, 1.807) is 0 Å². The van der Waals surface area contributed by atoms with Crippen LogP contribution in [0.5, 0.6) is 0 Å². The fourth-order valence-electron chi connectivity index (χ4n) is 2.59. The molecular weight excluding hydrogens is 250 g/mol. The molecule has 20 heavy (non-hydrogen) atoms. The van der Waals surface area contributed by atoms with Gasteiger partial charge in [-0.15, -0.1) is 0 Å². The lowest BCUT2D eigenvalue weighted by molar-refractivity contribution is 0.0644. The van der Waals surface area contributed by atoms with Crippen molar-refractivity contribution in [3.8, 4) is 6.07 Å². The predicted octanol–water partition coefficient (Wildman–Crippen LogP) is 2.28. The zero-order chi connectivity index (χ0) is 14.6. The summed E-state index contributed by atoms with van der Waals surface area (Å²) >= 11 is 0. The highest BCUT2D eigenvalue weighted by molar-refractivity contribution is 5.62. The van der Waals surface area contributed by atoms with Crippen molar-refractivity contribution in [2.24, 2.45) is 0 Å². The summed E-state index contributed by atoms with van der Waals surface area (Å²) in [6, 6.07) is 8.50. The number of nitrogens with zero attached hydrogens (tertiary/aromatic N) is 2. The summed E-state index contributed by atoms with van der Waals surface area (Å²) in [5, 5.41) is 12.7. The highest BCUT2D eigenvalue weighted by atomic mass is 16.5. The molecule has 0 atom stereocenters. The molecule has 1 fully saturated rings. The summed E-state index contributed by atoms with van der Waals surface area (Å²) in [6.45, 7) is 10.4. The average molecular weight is 273 g/mol. The molecule has 0 bridgehead atoms. The summed E-state index contributed by atoms with van der Waals surface area (Å²) in [5.74, 6) is 0. The summed E-state index contributed by atoms with van der Waals surface area (Å²) in [5.41, 5.74) is 2.84. The van der Waals surface area contributed by atoms with Gasteiger partial charge in [-0.1, -0.05) is 13.0 Å². The first-order chi connectivity index (χ1) is 9.58. The number of hydrogen-bond acceptors (Lipinski definition) is 4. The normalized spacial score (nSPS) is 17.8. The smallest absolute Gasteiger partial charge is 0.101 e. The molecule has 0 radical (unpaired) electrons. The van der Waals surface area contributed by atoms with Crippen LogP contribution in [0.2, 0.25) is 0 Å². The van der Waals surface area contributed by atoms with Gasteiger partial charge in [-0.2, -0.15) is 5.26 Å². The molecule has 0 unspecified atom stereocenters. The molecule has 0 saturated carbocycles. The van der Waals surface area contributed by atoms with E-state index in [0.717, 1.165) is 36.4 Å². The van der Waals surface area contributed by atoms with Gasteiger partial charge in [0, 0.05) is 13.1 Å². The van der Waals surface area contributed by atoms with Crippen molar-refractivity contribution < 1.29 is 4.74 Å². The second-order valence-electron chi connectivity index (χ2n) is 5.76. The zero-order valence-corrected chi connectivity index (χ0v) is 12.6. The fraction of sp³-hybridized carbons (Fsp3) is 0.562. The molecule has 2 rings (SSSR count). The van der Waals surface area contributed by atoms with E-state index in [2.05, 4.69) is 49.2 Å². The van der Waals surface area contributed by atoms with Crippen molar-refractivity contribution in [1.29, 1.82) is 5.26 Å². The molecule has 4 heteroatoms. The average Bonchev–Trinajstić information content (AvgIpc) is 2.44. The Balaban J connectivity index is 2.29. The van der Waals surface area contributed by atoms with Gasteiger partial charge in [0.05, 0.1) is 30.0 Å². The standard InChI is InChI=1S/C16H23N3O/c1-4-18-11-13-5-6-15(14(9-13)10-17)19-7-8-20-12-16(19,2)3/h5-6,9,18H,4,7-8,11-12H2,1-3H3. The molecule has 0 aliphatic carbocycles. The Bertz CT molecular complexity index is 505. The number of nitrogens with one attached hydrogen (secondary N) is 1. The van der Waals surface area contributed by atoms with Crippen LogP contribution in [-0.4, -0.2) is 31.8 Å². The van der Waals surface area contributed by atoms with Gasteiger partial charge >= 0.3 is 0 Å². The van der Waals surface area contributed by atoms with Crippen LogP contribution in [-0.2, 0) is 11.3 Å². The lowest BCUT2D eigenvalue weighted by Gasteiger charge is -2.44. The number of rotatable bonds is 4. The van der Waals surface area contributed by atoms with Crippen LogP contribution >= 0.6 is 0 Å². The Hall–Kier alpha value is -1.57. The van der Waals surface area contributed by atoms with E-state index in [-0.39, 0.29) is 5.54 Å². The minimum absolute atomic E-state index is 0.0764. The zero-order valence-electron chi connectivity index (χ0n) is 12.6. The van der Waals surface area contributed by atoms with Crippen LogP contribution in [0.15, 0.2) is 18.2 Å². The van der Waals surface area contributed by atoms with E-state index in [4.69, 9.17) is 4.74 Å². The van der Waals surface area contributed by atoms with Crippen LogP contribution in [0.25, 0.3) is 0 Å². The van der Waals surface area contributed by atoms with Crippen LogP contribution in [0, 0.1) is 11.3 Å². The molecular formula is C16H23N3O. The Labute approximate surface area is 121 Å². The van der Waals surface area contributed by atoms with Gasteiger partial charge in [0.2, 0.25) is 0 Å². The third-order valence-corrected chi connectivity index (χ3v) is 3.70. The monoisotopic (exact) mass is 273 g/mol. The van der Waals surface area contributed by atoms with Crippen molar-refractivity contribution in [3.05, 3.63) is 29.3 Å². The maximum Gasteiger partial charge on any atom is 0.101 e. The molecule has 1 N–H and O–H groups in total. The number of anilines is 1. The minimum Gasteiger partial charge on any atom is -0.377 e. The van der Waals surface area contributed by atoms with Gasteiger partial charge in [0.25, 0.3) is 0 Å². The lowest BCUT2D eigenvalue weighted by atomic mass is 9.99. The second-order valence-corrected chi connectivity index (χ2v) is 5.76. The van der Waals surface area contributed by atoms with Crippen molar-refractivity contribution in [2.45, 2.75) is 32.9 Å². The molecule has 1 aliphatic rings. The number of hydrogen-bond donors (Lipinski definition) is 1. The van der Waals surface area contributed by atoms with Gasteiger partial charge in [-0.3, -0.25) is 0 Å². The second kappa shape index (κ2) is 6.25. The number of nitriles is 1. The molecule has 1 heterocycles. The van der Waals surface area contributed by atoms with Crippen LogP contribution < -0.4 is 10.2 Å². The Morgan fingerprint density at radius 2 is 2.25 bits per heavy atom. The van der Waals surface area contributed by atoms with E-state index in [1.165, 1.54) is 0 Å². The highest BCUT2D eigenvalue weighted by Gasteiger charge is 2.31. The molecule has 1 saturated heterocycles. The van der Waals surface area contributed by atoms with Crippen molar-refractivity contribution in [3.63, 3.8) is 0 Å². The quantitative estimate of drug-likeness (QED) is 0.914. The molecule has 1 aliphatic heterocycles. The van der Waals surface area contributed by atoms with E-state index in [1.807, 2.05) is 6.07 Å². The molecule has 108 valence electrons. The minimum atomic E-state index is -0.0764. The largest absolute Gasteiger partial charge is 0.377 e. The SMILES string of the molecule is CCNCc1ccc(N2CCOCC2(C)C)c(C#N)c1. The first-order valence-electron chi connectivity index (χ1n) is 7.17. The molecule has 1 aromatic rings. The van der Waals surface area contributed by atoms with Gasteiger partial charge in [-0.25, -0.2) is 0 Å². The highest BCUT2D eigenvalue weighted by Crippen LogP contribution is 2.30. The summed E-state index contributed by atoms with van der Waals surface area (Å²) in [4.78, 5) is 2.28. The summed E-state index contributed by atoms with van der Waals surface area (Å²) < 4.78 is 5.55. The van der Waals surface area contributed by atoms with Crippen LogP contribution in [0.3, 0.4) is 0 Å². The van der Waals surface area contributed by atoms with E-state index >= 15 is 0 Å². The molecule has 0 amide bonds. The third-order valence-electron chi connectivity index (χ3n) is 3.70. The molecule has 1 aromatic carbocycles. The van der Waals surface area contributed by atoms with Gasteiger partial charge in [-0.05, 0) is 38.1 Å². The van der Waals surface area contributed by atoms with Crippen molar-refractivity contribution in [1.82, 2.24) is 5.32 Å². The fourth-order valence-corrected chi connectivity index (χ4v) is 2.59. The Morgan fingerprint density at radius 3 is 2.90 bits per heavy atom. The van der Waals surface area contributed by atoms with E-state index in [0.29, 0.717) is 13.2 Å². The first-order valence-corrected chi connectivity index (χ1v) is 7.17. The Kier molecular flexibility index (Phi) is 4.64. The number of benzene rings is 1. The molecule has 4 nitrogen and oxygen atoms in total. The lowest BCUT2D eigenvalue weighted by Crippen LogP contribution is -2.53. The summed E-state index contributed by atoms with van der Waals surface area (Å²) in [7, 11) is 0. The van der Waals surface area contributed by atoms with E-state index in [9.17, 15) is 5.26 Å². The maximum atomic E-state index is 9.44. The van der Waals surface area contributed by atoms with Gasteiger partial charge < -0.3 is 15.0 Å². The van der Waals surface area contributed by atoms with Gasteiger partial charge in [0.15, 0.2) is 0 Å². The molecule has 0 aromatic heterocycles. The van der Waals surface area contributed by atoms with Crippen molar-refractivity contribution >= 4 is 5.69 Å². The predicted molar refractivity (Wildman–Crippen MR) is 80.8 cm³/mol. The number of morpholine rings is 1. The third kappa shape index (κ3) is 3.12. The van der Waals surface area contributed by atoms with Crippen LogP contribution in [0.1, 0.15) is 31.9 Å². The van der Waals surface area contributed by atoms with Crippen molar-refractivity contribution in [2.75, 3.05) is 31.2 Å². The Morgan fingerprint density at radius 1 is 1.45 bits per heavy atom. The first kappa shape index (κ1) is 14.8. The van der Waals surface area contributed by atoms with Gasteiger partial charge in [0.1, 0.15) is 6.07 Å².